The lowest BCUT2D eigenvalue weighted by molar-refractivity contribution is 0.487. The van der Waals surface area contributed by atoms with Gasteiger partial charge >= 0.3 is 0 Å². The van der Waals surface area contributed by atoms with Crippen molar-refractivity contribution < 1.29 is 9.15 Å². The first-order valence-electron chi connectivity index (χ1n) is 21.0. The number of nitrogens with zero attached hydrogens (tertiary/aromatic N) is 2. The van der Waals surface area contributed by atoms with Gasteiger partial charge in [-0.15, -0.1) is 0 Å². The van der Waals surface area contributed by atoms with Crippen molar-refractivity contribution in [1.82, 2.24) is 0 Å². The van der Waals surface area contributed by atoms with Crippen LogP contribution in [0.25, 0.3) is 66.1 Å². The van der Waals surface area contributed by atoms with Crippen LogP contribution in [0.5, 0.6) is 11.5 Å². The van der Waals surface area contributed by atoms with E-state index in [0.717, 1.165) is 89.5 Å². The fourth-order valence-corrected chi connectivity index (χ4v) is 9.14. The molecule has 1 aliphatic rings. The van der Waals surface area contributed by atoms with Crippen LogP contribution in [-0.4, -0.2) is 0 Å². The van der Waals surface area contributed by atoms with E-state index in [1.807, 2.05) is 18.2 Å². The van der Waals surface area contributed by atoms with Gasteiger partial charge in [0, 0.05) is 50.2 Å². The molecule has 0 unspecified atom stereocenters. The fourth-order valence-electron chi connectivity index (χ4n) is 9.14. The maximum atomic E-state index is 6.95. The van der Waals surface area contributed by atoms with E-state index < -0.39 is 0 Å². The highest BCUT2D eigenvalue weighted by Crippen LogP contribution is 2.52. The minimum Gasteiger partial charge on any atom is -0.456 e. The monoisotopic (exact) mass is 794 g/mol. The van der Waals surface area contributed by atoms with E-state index in [-0.39, 0.29) is 0 Å². The summed E-state index contributed by atoms with van der Waals surface area (Å²) in [6.45, 7) is 0. The van der Waals surface area contributed by atoms with Crippen LogP contribution in [0, 0.1) is 0 Å². The van der Waals surface area contributed by atoms with Gasteiger partial charge in [0.1, 0.15) is 17.1 Å². The van der Waals surface area contributed by atoms with Crippen LogP contribution in [-0.2, 0) is 0 Å². The molecule has 0 radical (unpaired) electrons. The third-order valence-corrected chi connectivity index (χ3v) is 12.1. The van der Waals surface area contributed by atoms with Crippen LogP contribution in [0.15, 0.2) is 235 Å². The zero-order valence-corrected chi connectivity index (χ0v) is 33.7. The number of ether oxygens (including phenoxy) is 1. The molecule has 0 N–H and O–H groups in total. The van der Waals surface area contributed by atoms with E-state index in [9.17, 15) is 0 Å². The Hall–Kier alpha value is -8.34. The summed E-state index contributed by atoms with van der Waals surface area (Å²) in [6, 6.07) is 81.4. The van der Waals surface area contributed by atoms with Crippen molar-refractivity contribution in [3.8, 4) is 44.9 Å². The number of benzene rings is 10. The van der Waals surface area contributed by atoms with Crippen molar-refractivity contribution in [1.29, 1.82) is 0 Å². The van der Waals surface area contributed by atoms with Crippen molar-refractivity contribution in [3.05, 3.63) is 231 Å². The second-order valence-corrected chi connectivity index (χ2v) is 15.7. The number of rotatable bonds is 8. The summed E-state index contributed by atoms with van der Waals surface area (Å²) in [6.07, 6.45) is 0. The van der Waals surface area contributed by atoms with Gasteiger partial charge in [-0.05, 0) is 101 Å². The molecule has 4 heteroatoms. The predicted octanol–water partition coefficient (Wildman–Crippen LogP) is 16.8. The summed E-state index contributed by atoms with van der Waals surface area (Å²) in [7, 11) is 0. The van der Waals surface area contributed by atoms with Crippen molar-refractivity contribution in [2.45, 2.75) is 0 Å². The Morgan fingerprint density at radius 3 is 1.52 bits per heavy atom. The van der Waals surface area contributed by atoms with E-state index in [1.54, 1.807) is 0 Å². The van der Waals surface area contributed by atoms with E-state index in [0.29, 0.717) is 0 Å². The standard InChI is InChI=1S/C58H38N2O2/c1-4-14-39(15-5-1)41-26-30-44(31-27-41)59(45-32-28-42(29-33-45)40-16-6-2-7-17-40)52-37-36-49-48-35-34-46(38-56(48)61-55-25-13-22-51(52)57(49)55)60(43-18-8-3-9-19-43)53-23-12-21-50-47-20-10-11-24-54(47)62-58(50)53/h1-38H. The molecule has 292 valence electrons. The van der Waals surface area contributed by atoms with Crippen molar-refractivity contribution in [3.63, 3.8) is 0 Å². The van der Waals surface area contributed by atoms with Crippen LogP contribution in [0.1, 0.15) is 0 Å². The molecule has 1 aromatic heterocycles. The summed E-state index contributed by atoms with van der Waals surface area (Å²) in [5.41, 5.74) is 14.8. The molecule has 0 saturated carbocycles. The van der Waals surface area contributed by atoms with E-state index >= 15 is 0 Å². The van der Waals surface area contributed by atoms with Crippen molar-refractivity contribution in [2.75, 3.05) is 9.80 Å². The van der Waals surface area contributed by atoms with Gasteiger partial charge in [0.05, 0.1) is 17.1 Å². The predicted molar refractivity (Wildman–Crippen MR) is 257 cm³/mol. The lowest BCUT2D eigenvalue weighted by atomic mass is 9.92. The summed E-state index contributed by atoms with van der Waals surface area (Å²) in [5.74, 6) is 1.63. The summed E-state index contributed by atoms with van der Waals surface area (Å²) in [4.78, 5) is 4.62. The smallest absolute Gasteiger partial charge is 0.159 e. The summed E-state index contributed by atoms with van der Waals surface area (Å²) in [5, 5.41) is 4.38. The topological polar surface area (TPSA) is 28.9 Å². The zero-order chi connectivity index (χ0) is 41.0. The second kappa shape index (κ2) is 14.7. The molecule has 0 fully saturated rings. The molecule has 0 saturated heterocycles. The molecule has 12 rings (SSSR count). The lowest BCUT2D eigenvalue weighted by Crippen LogP contribution is -2.12. The summed E-state index contributed by atoms with van der Waals surface area (Å²) >= 11 is 0. The fraction of sp³-hybridized carbons (Fsp3) is 0. The number of anilines is 6. The first-order valence-corrected chi connectivity index (χ1v) is 21.0. The Labute approximate surface area is 359 Å². The molecular weight excluding hydrogens is 757 g/mol. The molecule has 0 amide bonds. The van der Waals surface area contributed by atoms with Gasteiger partial charge in [-0.3, -0.25) is 0 Å². The van der Waals surface area contributed by atoms with Gasteiger partial charge in [0.15, 0.2) is 5.58 Å². The van der Waals surface area contributed by atoms with Crippen molar-refractivity contribution in [2.24, 2.45) is 0 Å². The SMILES string of the molecule is c1ccc(-c2ccc(N(c3ccc(-c4ccccc4)cc3)c3ccc4c5c(cccc35)Oc3cc(N(c5ccccc5)c5cccc6c5oc5ccccc56)ccc3-4)cc2)cc1. The third kappa shape index (κ3) is 6.00. The number of hydrogen-bond donors (Lipinski definition) is 0. The highest BCUT2D eigenvalue weighted by Gasteiger charge is 2.26. The van der Waals surface area contributed by atoms with E-state index in [4.69, 9.17) is 9.15 Å². The average molecular weight is 795 g/mol. The number of furan rings is 1. The van der Waals surface area contributed by atoms with Crippen LogP contribution >= 0.6 is 0 Å². The Balaban J connectivity index is 0.983. The molecular formula is C58H38N2O2. The summed E-state index contributed by atoms with van der Waals surface area (Å²) < 4.78 is 13.5. The highest BCUT2D eigenvalue weighted by molar-refractivity contribution is 6.12. The molecule has 10 aromatic carbocycles. The van der Waals surface area contributed by atoms with Crippen LogP contribution < -0.4 is 14.5 Å². The Morgan fingerprint density at radius 2 is 0.823 bits per heavy atom. The molecule has 0 bridgehead atoms. The molecule has 1 aliphatic heterocycles. The van der Waals surface area contributed by atoms with E-state index in [2.05, 4.69) is 222 Å². The maximum Gasteiger partial charge on any atom is 0.159 e. The third-order valence-electron chi connectivity index (χ3n) is 12.1. The number of para-hydroxylation sites is 3. The molecule has 0 atom stereocenters. The average Bonchev–Trinajstić information content (AvgIpc) is 3.73. The largest absolute Gasteiger partial charge is 0.456 e. The molecule has 2 heterocycles. The molecule has 0 aliphatic carbocycles. The first-order chi connectivity index (χ1) is 30.7. The Morgan fingerprint density at radius 1 is 0.306 bits per heavy atom. The van der Waals surface area contributed by atoms with Gasteiger partial charge in [-0.2, -0.15) is 0 Å². The number of fused-ring (bicyclic) bond motifs is 5. The van der Waals surface area contributed by atoms with Crippen LogP contribution in [0.4, 0.5) is 34.1 Å². The number of hydrogen-bond acceptors (Lipinski definition) is 4. The second-order valence-electron chi connectivity index (χ2n) is 15.7. The van der Waals surface area contributed by atoms with Gasteiger partial charge in [-0.25, -0.2) is 0 Å². The van der Waals surface area contributed by atoms with Crippen LogP contribution in [0.2, 0.25) is 0 Å². The minimum atomic E-state index is 0.804. The zero-order valence-electron chi connectivity index (χ0n) is 33.7. The first kappa shape index (κ1) is 35.6. The highest BCUT2D eigenvalue weighted by atomic mass is 16.5. The normalized spacial score (nSPS) is 11.7. The maximum absolute atomic E-state index is 6.95. The van der Waals surface area contributed by atoms with Gasteiger partial charge in [-0.1, -0.05) is 152 Å². The molecule has 11 aromatic rings. The Bertz CT molecular complexity index is 3330. The van der Waals surface area contributed by atoms with Crippen LogP contribution in [0.3, 0.4) is 0 Å². The lowest BCUT2D eigenvalue weighted by Gasteiger charge is -2.30. The molecule has 4 nitrogen and oxygen atoms in total. The van der Waals surface area contributed by atoms with E-state index in [1.165, 1.54) is 22.3 Å². The molecule has 0 spiro atoms. The molecule has 62 heavy (non-hydrogen) atoms. The minimum absolute atomic E-state index is 0.804. The van der Waals surface area contributed by atoms with Gasteiger partial charge in [0.2, 0.25) is 0 Å². The van der Waals surface area contributed by atoms with Gasteiger partial charge in [0.25, 0.3) is 0 Å². The Kier molecular flexibility index (Phi) is 8.46. The quantitative estimate of drug-likeness (QED) is 0.153. The van der Waals surface area contributed by atoms with Gasteiger partial charge < -0.3 is 19.0 Å². The van der Waals surface area contributed by atoms with Crippen molar-refractivity contribution >= 4 is 66.8 Å².